The summed E-state index contributed by atoms with van der Waals surface area (Å²) in [5, 5.41) is 0. The molecule has 1 fully saturated rings. The maximum absolute atomic E-state index is 13.2. The van der Waals surface area contributed by atoms with E-state index in [1.165, 1.54) is 12.1 Å². The van der Waals surface area contributed by atoms with Crippen LogP contribution in [-0.2, 0) is 30.9 Å². The molecule has 8 heteroatoms. The molecule has 1 aliphatic rings. The monoisotopic (exact) mass is 517 g/mol. The number of carbonyl (C=O) groups is 1. The van der Waals surface area contributed by atoms with Gasteiger partial charge in [-0.25, -0.2) is 8.42 Å². The van der Waals surface area contributed by atoms with E-state index in [4.69, 9.17) is 14.2 Å². The minimum Gasteiger partial charge on any atom is -0.494 e. The van der Waals surface area contributed by atoms with Crippen molar-refractivity contribution in [2.45, 2.75) is 77.0 Å². The summed E-state index contributed by atoms with van der Waals surface area (Å²) in [5.74, 6) is -0.156. The number of nitrogens with one attached hydrogen (secondary N) is 1. The molecule has 198 valence electrons. The van der Waals surface area contributed by atoms with Crippen molar-refractivity contribution in [1.29, 1.82) is 0 Å². The molecule has 36 heavy (non-hydrogen) atoms. The predicted octanol–water partition coefficient (Wildman–Crippen LogP) is 5.10. The van der Waals surface area contributed by atoms with Gasteiger partial charge in [0.15, 0.2) is 0 Å². The molecule has 3 rings (SSSR count). The number of carbonyl (C=O) groups excluding carboxylic acids is 1. The Balaban J connectivity index is 1.71. The Kier molecular flexibility index (Phi) is 9.93. The van der Waals surface area contributed by atoms with Gasteiger partial charge in [-0.15, -0.1) is 0 Å². The van der Waals surface area contributed by atoms with Gasteiger partial charge in [0.2, 0.25) is 10.0 Å². The Morgan fingerprint density at radius 1 is 1.00 bits per heavy atom. The average molecular weight is 518 g/mol. The Hall–Kier alpha value is -2.42. The summed E-state index contributed by atoms with van der Waals surface area (Å²) in [6.45, 7) is 9.50. The van der Waals surface area contributed by atoms with E-state index in [1.807, 2.05) is 37.3 Å². The first-order valence-electron chi connectivity index (χ1n) is 12.6. The van der Waals surface area contributed by atoms with Crippen LogP contribution in [0.2, 0.25) is 0 Å². The van der Waals surface area contributed by atoms with E-state index in [9.17, 15) is 13.2 Å². The molecule has 7 nitrogen and oxygen atoms in total. The minimum absolute atomic E-state index is 0.0774. The zero-order valence-corrected chi connectivity index (χ0v) is 22.6. The molecule has 0 aromatic heterocycles. The lowest BCUT2D eigenvalue weighted by atomic mass is 9.82. The van der Waals surface area contributed by atoms with Gasteiger partial charge >= 0.3 is 5.97 Å². The van der Waals surface area contributed by atoms with E-state index in [-0.39, 0.29) is 28.9 Å². The number of sulfonamides is 1. The van der Waals surface area contributed by atoms with Crippen LogP contribution in [0, 0.1) is 11.3 Å². The smallest absolute Gasteiger partial charge is 0.324 e. The maximum atomic E-state index is 13.2. The topological polar surface area (TPSA) is 90.9 Å². The van der Waals surface area contributed by atoms with Gasteiger partial charge in [0, 0.05) is 0 Å². The lowest BCUT2D eigenvalue weighted by Gasteiger charge is -2.34. The van der Waals surface area contributed by atoms with Gasteiger partial charge in [-0.3, -0.25) is 4.79 Å². The lowest BCUT2D eigenvalue weighted by Crippen LogP contribution is -2.48. The van der Waals surface area contributed by atoms with E-state index in [1.54, 1.807) is 12.1 Å². The molecule has 2 aromatic carbocycles. The minimum atomic E-state index is -3.95. The van der Waals surface area contributed by atoms with E-state index in [0.29, 0.717) is 31.8 Å². The second-order valence-corrected chi connectivity index (χ2v) is 12.2. The van der Waals surface area contributed by atoms with Crippen molar-refractivity contribution in [2.75, 3.05) is 13.2 Å². The Morgan fingerprint density at radius 2 is 1.64 bits per heavy atom. The van der Waals surface area contributed by atoms with Crippen LogP contribution < -0.4 is 9.46 Å². The highest BCUT2D eigenvalue weighted by Gasteiger charge is 2.37. The van der Waals surface area contributed by atoms with Crippen molar-refractivity contribution < 1.29 is 27.4 Å². The van der Waals surface area contributed by atoms with E-state index < -0.39 is 22.0 Å². The van der Waals surface area contributed by atoms with Gasteiger partial charge in [0.25, 0.3) is 0 Å². The molecule has 0 aliphatic heterocycles. The van der Waals surface area contributed by atoms with Crippen LogP contribution in [0.4, 0.5) is 0 Å². The third-order valence-corrected chi connectivity index (χ3v) is 7.60. The van der Waals surface area contributed by atoms with Crippen LogP contribution in [0.15, 0.2) is 59.5 Å². The molecule has 1 aliphatic carbocycles. The zero-order valence-electron chi connectivity index (χ0n) is 21.7. The first kappa shape index (κ1) is 28.2. The van der Waals surface area contributed by atoms with E-state index in [0.717, 1.165) is 18.4 Å². The number of hydrogen-bond donors (Lipinski definition) is 1. The maximum Gasteiger partial charge on any atom is 0.324 e. The molecule has 1 atom stereocenters. The van der Waals surface area contributed by atoms with Crippen molar-refractivity contribution in [1.82, 2.24) is 4.72 Å². The predicted molar refractivity (Wildman–Crippen MR) is 139 cm³/mol. The van der Waals surface area contributed by atoms with Crippen LogP contribution in [0.1, 0.15) is 58.9 Å². The summed E-state index contributed by atoms with van der Waals surface area (Å²) in [6.07, 6.45) is 3.00. The molecule has 1 saturated carbocycles. The molecule has 0 spiro atoms. The van der Waals surface area contributed by atoms with Crippen molar-refractivity contribution in [3.63, 3.8) is 0 Å². The largest absolute Gasteiger partial charge is 0.494 e. The fourth-order valence-electron chi connectivity index (χ4n) is 4.23. The van der Waals surface area contributed by atoms with Gasteiger partial charge in [0.05, 0.1) is 24.2 Å². The summed E-state index contributed by atoms with van der Waals surface area (Å²) >= 11 is 0. The Bertz CT molecular complexity index is 1060. The molecular weight excluding hydrogens is 478 g/mol. The van der Waals surface area contributed by atoms with Gasteiger partial charge in [-0.2, -0.15) is 4.72 Å². The Morgan fingerprint density at radius 3 is 2.22 bits per heavy atom. The summed E-state index contributed by atoms with van der Waals surface area (Å²) in [5.41, 5.74) is 0.923. The lowest BCUT2D eigenvalue weighted by molar-refractivity contribution is -0.149. The highest BCUT2D eigenvalue weighted by atomic mass is 32.2. The van der Waals surface area contributed by atoms with Crippen molar-refractivity contribution in [3.05, 3.63) is 60.2 Å². The van der Waals surface area contributed by atoms with Gasteiger partial charge in [0.1, 0.15) is 18.4 Å². The Labute approximate surface area is 215 Å². The second kappa shape index (κ2) is 12.7. The van der Waals surface area contributed by atoms with Gasteiger partial charge in [-0.1, -0.05) is 51.1 Å². The molecule has 0 heterocycles. The van der Waals surface area contributed by atoms with Crippen molar-refractivity contribution in [2.24, 2.45) is 11.3 Å². The number of benzene rings is 2. The van der Waals surface area contributed by atoms with Crippen LogP contribution in [0.3, 0.4) is 0 Å². The third kappa shape index (κ3) is 8.61. The standard InChI is InChI=1S/C28H39NO6S/c1-5-33-23-15-17-25(18-16-23)36(31,32)29-26(27(30)34-19-21-9-7-6-8-10-21)22-11-13-24(14-12-22)35-20-28(2,3)4/h6-10,15-18,22,24,26,29H,5,11-14,19-20H2,1-4H3/t22?,24?,26-/m1/s1. The molecule has 0 radical (unpaired) electrons. The second-order valence-electron chi connectivity index (χ2n) is 10.5. The zero-order chi connectivity index (χ0) is 26.2. The summed E-state index contributed by atoms with van der Waals surface area (Å²) < 4.78 is 46.2. The quantitative estimate of drug-likeness (QED) is 0.417. The molecule has 0 saturated heterocycles. The van der Waals surface area contributed by atoms with E-state index in [2.05, 4.69) is 25.5 Å². The van der Waals surface area contributed by atoms with Crippen molar-refractivity contribution in [3.8, 4) is 5.75 Å². The number of esters is 1. The molecule has 1 N–H and O–H groups in total. The normalized spacial score (nSPS) is 19.4. The fraction of sp³-hybridized carbons (Fsp3) is 0.536. The van der Waals surface area contributed by atoms with Crippen molar-refractivity contribution >= 4 is 16.0 Å². The number of rotatable bonds is 11. The first-order chi connectivity index (χ1) is 17.1. The summed E-state index contributed by atoms with van der Waals surface area (Å²) in [7, 11) is -3.95. The van der Waals surface area contributed by atoms with Crippen LogP contribution >= 0.6 is 0 Å². The number of hydrogen-bond acceptors (Lipinski definition) is 6. The SMILES string of the molecule is CCOc1ccc(S(=O)(=O)N[C@@H](C(=O)OCc2ccccc2)C2CCC(OCC(C)(C)C)CC2)cc1. The van der Waals surface area contributed by atoms with Gasteiger partial charge in [-0.05, 0) is 73.8 Å². The fourth-order valence-corrected chi connectivity index (χ4v) is 5.48. The molecule has 0 unspecified atom stereocenters. The van der Waals surface area contributed by atoms with Crippen LogP contribution in [0.25, 0.3) is 0 Å². The van der Waals surface area contributed by atoms with Crippen LogP contribution in [0.5, 0.6) is 5.75 Å². The molecule has 2 aromatic rings. The molecular formula is C28H39NO6S. The highest BCUT2D eigenvalue weighted by molar-refractivity contribution is 7.89. The van der Waals surface area contributed by atoms with Crippen LogP contribution in [-0.4, -0.2) is 39.7 Å². The average Bonchev–Trinajstić information content (AvgIpc) is 2.86. The highest BCUT2D eigenvalue weighted by Crippen LogP contribution is 2.31. The molecule has 0 bridgehead atoms. The summed E-state index contributed by atoms with van der Waals surface area (Å²) in [4.78, 5) is 13.3. The van der Waals surface area contributed by atoms with Gasteiger partial charge < -0.3 is 14.2 Å². The van der Waals surface area contributed by atoms with E-state index >= 15 is 0 Å². The molecule has 0 amide bonds. The summed E-state index contributed by atoms with van der Waals surface area (Å²) in [6, 6.07) is 14.6. The number of ether oxygens (including phenoxy) is 3. The third-order valence-electron chi connectivity index (χ3n) is 6.15. The first-order valence-corrected chi connectivity index (χ1v) is 14.1.